The summed E-state index contributed by atoms with van der Waals surface area (Å²) in [7, 11) is -1.28. The van der Waals surface area contributed by atoms with Crippen LogP contribution in [0.2, 0.25) is 0 Å². The zero-order chi connectivity index (χ0) is 39.5. The van der Waals surface area contributed by atoms with Gasteiger partial charge in [-0.3, -0.25) is 4.99 Å². The van der Waals surface area contributed by atoms with E-state index in [-0.39, 0.29) is 21.1 Å². The molecular weight excluding hydrogens is 934 g/mol. The van der Waals surface area contributed by atoms with Crippen LogP contribution >= 0.6 is 15.8 Å². The van der Waals surface area contributed by atoms with Crippen molar-refractivity contribution in [3.05, 3.63) is 253 Å². The molecule has 0 aliphatic rings. The van der Waals surface area contributed by atoms with Gasteiger partial charge in [-0.2, -0.15) is 11.6 Å². The Morgan fingerprint density at radius 2 is 0.729 bits per heavy atom. The number of hydrogen-bond acceptors (Lipinski definition) is 2. The van der Waals surface area contributed by atoms with E-state index in [1.807, 2.05) is 6.07 Å². The molecule has 8 aromatic carbocycles. The van der Waals surface area contributed by atoms with Crippen LogP contribution in [-0.2, 0) is 33.9 Å². The maximum atomic E-state index is 4.75. The SMILES string of the molecule is C(=NCCc1ccccc1)c1ccccc1P(c1ccccc1)c1ccccc1.[C-](=NCCc1ccccc1)c1ccccc1P(c1ccccc1)c1ccccc1.[Pt]. The minimum Gasteiger partial charge on any atom is -0.359 e. The Hall–Kier alpha value is -5.35. The van der Waals surface area contributed by atoms with Crippen LogP contribution in [0.1, 0.15) is 22.3 Å². The Kier molecular flexibility index (Phi) is 17.5. The van der Waals surface area contributed by atoms with Crippen molar-refractivity contribution >= 4 is 60.1 Å². The molecule has 0 fully saturated rings. The first-order chi connectivity index (χ1) is 28.8. The molecule has 0 bridgehead atoms. The second-order valence-electron chi connectivity index (χ2n) is 13.6. The van der Waals surface area contributed by atoms with Crippen LogP contribution in [0.3, 0.4) is 0 Å². The first kappa shape index (κ1) is 43.2. The molecule has 0 unspecified atom stereocenters. The Morgan fingerprint density at radius 3 is 1.20 bits per heavy atom. The van der Waals surface area contributed by atoms with Gasteiger partial charge in [0.15, 0.2) is 0 Å². The molecule has 2 nitrogen and oxygen atoms in total. The molecule has 0 atom stereocenters. The van der Waals surface area contributed by atoms with Crippen LogP contribution in [0.5, 0.6) is 0 Å². The Labute approximate surface area is 367 Å². The van der Waals surface area contributed by atoms with Crippen LogP contribution in [0, 0.1) is 0 Å². The standard InChI is InChI=1S/C27H24NP.C27H23NP.Pt/c2*1-4-12-23(13-5-1)20-21-28-22-24-14-10-11-19-27(24)29(25-15-6-2-7-16-25)26-17-8-3-9-18-26;/h1-19,22H,20-21H2;1-19H,20-21H2;/q;-1;. The van der Waals surface area contributed by atoms with Crippen molar-refractivity contribution in [2.24, 2.45) is 9.98 Å². The van der Waals surface area contributed by atoms with E-state index >= 15 is 0 Å². The van der Waals surface area contributed by atoms with Crippen LogP contribution in [0.25, 0.3) is 0 Å². The zero-order valence-electron chi connectivity index (χ0n) is 33.0. The summed E-state index contributed by atoms with van der Waals surface area (Å²) in [5, 5.41) is 8.05. The molecule has 0 aliphatic carbocycles. The van der Waals surface area contributed by atoms with Crippen LogP contribution in [0.15, 0.2) is 241 Å². The fraction of sp³-hybridized carbons (Fsp3) is 0.0741. The van der Waals surface area contributed by atoms with Crippen molar-refractivity contribution < 1.29 is 21.1 Å². The number of nitrogens with zero attached hydrogens (tertiary/aromatic N) is 2. The summed E-state index contributed by atoms with van der Waals surface area (Å²) in [6.45, 7) is 1.54. The van der Waals surface area contributed by atoms with Crippen molar-refractivity contribution in [1.29, 1.82) is 0 Å². The molecule has 5 heteroatoms. The second kappa shape index (κ2) is 23.9. The molecule has 0 heterocycles. The van der Waals surface area contributed by atoms with Crippen LogP contribution < -0.4 is 31.8 Å². The van der Waals surface area contributed by atoms with Gasteiger partial charge in [-0.05, 0) is 58.4 Å². The third-order valence-corrected chi connectivity index (χ3v) is 14.6. The minimum atomic E-state index is -0.654. The molecule has 59 heavy (non-hydrogen) atoms. The predicted octanol–water partition coefficient (Wildman–Crippen LogP) is 10.1. The van der Waals surface area contributed by atoms with E-state index in [9.17, 15) is 0 Å². The molecule has 0 spiro atoms. The first-order valence-electron chi connectivity index (χ1n) is 19.8. The smallest absolute Gasteiger partial charge is 0.0429 e. The van der Waals surface area contributed by atoms with Gasteiger partial charge in [0.2, 0.25) is 0 Å². The molecule has 0 saturated heterocycles. The summed E-state index contributed by atoms with van der Waals surface area (Å²) in [6, 6.07) is 81.4. The number of rotatable bonds is 14. The molecule has 0 saturated carbocycles. The summed E-state index contributed by atoms with van der Waals surface area (Å²) >= 11 is 0. The Morgan fingerprint density at radius 1 is 0.373 bits per heavy atom. The average molecular weight is 981 g/mol. The fourth-order valence-corrected chi connectivity index (χ4v) is 11.5. The number of benzene rings is 8. The van der Waals surface area contributed by atoms with Gasteiger partial charge < -0.3 is 4.99 Å². The largest absolute Gasteiger partial charge is 0.359 e. The van der Waals surface area contributed by atoms with Gasteiger partial charge in [0.1, 0.15) is 0 Å². The molecule has 0 aromatic heterocycles. The molecule has 8 rings (SSSR count). The fourth-order valence-electron chi connectivity index (χ4n) is 6.70. The molecule has 0 amide bonds. The molecule has 294 valence electrons. The summed E-state index contributed by atoms with van der Waals surface area (Å²) in [4.78, 5) is 9.38. The molecule has 8 aromatic rings. The normalized spacial score (nSPS) is 11.0. The Bertz CT molecular complexity index is 2190. The molecule has 0 N–H and O–H groups in total. The topological polar surface area (TPSA) is 24.7 Å². The second-order valence-corrected chi connectivity index (χ2v) is 18.0. The monoisotopic (exact) mass is 980 g/mol. The first-order valence-corrected chi connectivity index (χ1v) is 22.5. The van der Waals surface area contributed by atoms with Gasteiger partial charge in [-0.15, -0.1) is 17.4 Å². The summed E-state index contributed by atoms with van der Waals surface area (Å²) < 4.78 is 0. The maximum absolute atomic E-state index is 4.75. The third-order valence-electron chi connectivity index (χ3n) is 9.54. The quantitative estimate of drug-likeness (QED) is 0.0590. The van der Waals surface area contributed by atoms with Gasteiger partial charge in [0.05, 0.1) is 0 Å². The number of aliphatic imine (C=N–C) groups is 2. The van der Waals surface area contributed by atoms with Crippen LogP contribution in [0.4, 0.5) is 0 Å². The van der Waals surface area contributed by atoms with E-state index in [2.05, 4.69) is 242 Å². The molecular formula is C54H47N2P2Pt-. The maximum Gasteiger partial charge on any atom is 0.0429 e. The average Bonchev–Trinajstić information content (AvgIpc) is 3.30. The van der Waals surface area contributed by atoms with E-state index < -0.39 is 15.8 Å². The van der Waals surface area contributed by atoms with Gasteiger partial charge in [0, 0.05) is 45.9 Å². The van der Waals surface area contributed by atoms with E-state index in [0.717, 1.165) is 31.5 Å². The van der Waals surface area contributed by atoms with Crippen molar-refractivity contribution in [1.82, 2.24) is 0 Å². The van der Waals surface area contributed by atoms with E-state index in [4.69, 9.17) is 4.99 Å². The number of hydrogen-bond donors (Lipinski definition) is 0. The van der Waals surface area contributed by atoms with Crippen molar-refractivity contribution in [2.45, 2.75) is 12.8 Å². The summed E-state index contributed by atoms with van der Waals surface area (Å²) in [5.41, 5.74) is 4.93. The third kappa shape index (κ3) is 12.8. The van der Waals surface area contributed by atoms with Gasteiger partial charge in [-0.1, -0.05) is 226 Å². The Balaban J connectivity index is 0.000000195. The predicted molar refractivity (Wildman–Crippen MR) is 254 cm³/mol. The van der Waals surface area contributed by atoms with Crippen molar-refractivity contribution in [3.63, 3.8) is 0 Å². The molecule has 0 aliphatic heterocycles. The zero-order valence-corrected chi connectivity index (χ0v) is 37.0. The van der Waals surface area contributed by atoms with Crippen LogP contribution in [-0.4, -0.2) is 25.5 Å². The molecule has 0 radical (unpaired) electrons. The van der Waals surface area contributed by atoms with Gasteiger partial charge in [-0.25, -0.2) is 0 Å². The van der Waals surface area contributed by atoms with Crippen molar-refractivity contribution in [3.8, 4) is 0 Å². The van der Waals surface area contributed by atoms with E-state index in [1.165, 1.54) is 48.5 Å². The van der Waals surface area contributed by atoms with Gasteiger partial charge in [0.25, 0.3) is 0 Å². The summed E-state index contributed by atoms with van der Waals surface area (Å²) in [6.07, 6.45) is 7.30. The van der Waals surface area contributed by atoms with E-state index in [1.54, 1.807) is 0 Å². The van der Waals surface area contributed by atoms with Crippen molar-refractivity contribution in [2.75, 3.05) is 13.1 Å². The summed E-state index contributed by atoms with van der Waals surface area (Å²) in [5.74, 6) is 0. The van der Waals surface area contributed by atoms with Gasteiger partial charge >= 0.3 is 0 Å². The van der Waals surface area contributed by atoms with E-state index in [0.29, 0.717) is 0 Å². The minimum absolute atomic E-state index is 0.